The summed E-state index contributed by atoms with van der Waals surface area (Å²) >= 11 is 0. The van der Waals surface area contributed by atoms with Crippen LogP contribution < -0.4 is 40.1 Å². The fourth-order valence-electron chi connectivity index (χ4n) is 10.1. The number of fused-ring (bicyclic) bond motifs is 4. The number of aromatic nitrogens is 2. The van der Waals surface area contributed by atoms with E-state index in [9.17, 15) is 14.4 Å². The third-order valence-corrected chi connectivity index (χ3v) is 14.0. The van der Waals surface area contributed by atoms with Crippen molar-refractivity contribution in [2.75, 3.05) is 72.8 Å². The molecule has 6 heterocycles. The topological polar surface area (TPSA) is 138 Å². The lowest BCUT2D eigenvalue weighted by Gasteiger charge is -2.39. The summed E-state index contributed by atoms with van der Waals surface area (Å²) in [5.41, 5.74) is 4.83. The summed E-state index contributed by atoms with van der Waals surface area (Å²) in [5, 5.41) is 5.81. The summed E-state index contributed by atoms with van der Waals surface area (Å²) in [6.07, 6.45) is 3.58. The van der Waals surface area contributed by atoms with Crippen LogP contribution in [-0.2, 0) is 30.9 Å². The maximum atomic E-state index is 13.3. The number of carbonyl (C=O) groups is 1. The van der Waals surface area contributed by atoms with Crippen LogP contribution in [-0.4, -0.2) is 120 Å². The van der Waals surface area contributed by atoms with Crippen molar-refractivity contribution in [1.29, 1.82) is 0 Å². The zero-order chi connectivity index (χ0) is 50.2. The van der Waals surface area contributed by atoms with Crippen LogP contribution >= 0.6 is 0 Å². The Morgan fingerprint density at radius 3 is 1.74 bits per heavy atom. The number of ether oxygens (including phenoxy) is 6. The monoisotopic (exact) mass is 983 g/mol. The molecule has 1 N–H and O–H groups in total. The fraction of sp³-hybridized carbons (Fsp3) is 0.456. The second-order valence-corrected chi connectivity index (χ2v) is 20.3. The van der Waals surface area contributed by atoms with Gasteiger partial charge in [-0.05, 0) is 150 Å². The number of hydrogen-bond acceptors (Lipinski definition) is 12. The summed E-state index contributed by atoms with van der Waals surface area (Å²) in [6, 6.07) is 31.8. The highest BCUT2D eigenvalue weighted by molar-refractivity contribution is 5.81. The van der Waals surface area contributed by atoms with Crippen molar-refractivity contribution in [3.63, 3.8) is 0 Å². The number of nitrogens with one attached hydrogen (secondary N) is 1. The average molecular weight is 983 g/mol. The SMILES string of the molecule is COc1ccc2c(ccc(=O)n2CCN2CCC(N(Cc3ccc4c(c3)OCCO4)C(=O)OC(C)(C)C)CC2)c1.Cc1ccc2c(ccc(=O)n2CCN2CCC(NCc3ccc4c(c3)OCCO4)CC2)c1. The summed E-state index contributed by atoms with van der Waals surface area (Å²) < 4.78 is 37.6. The number of benzene rings is 4. The van der Waals surface area contributed by atoms with Crippen molar-refractivity contribution in [3.8, 4) is 28.7 Å². The van der Waals surface area contributed by atoms with E-state index in [0.717, 1.165) is 128 Å². The highest BCUT2D eigenvalue weighted by Crippen LogP contribution is 2.33. The number of pyridine rings is 2. The number of rotatable bonds is 13. The molecule has 2 saturated heterocycles. The molecular formula is C57H70N6O9. The first-order valence-electron chi connectivity index (χ1n) is 25.6. The van der Waals surface area contributed by atoms with E-state index in [1.165, 1.54) is 11.1 Å². The number of methoxy groups -OCH3 is 1. The summed E-state index contributed by atoms with van der Waals surface area (Å²) in [6.45, 7) is 18.1. The van der Waals surface area contributed by atoms with E-state index < -0.39 is 5.60 Å². The molecule has 4 aliphatic heterocycles. The van der Waals surface area contributed by atoms with E-state index in [2.05, 4.69) is 52.4 Å². The summed E-state index contributed by atoms with van der Waals surface area (Å²) in [7, 11) is 1.64. The maximum Gasteiger partial charge on any atom is 0.410 e. The minimum absolute atomic E-state index is 0.0110. The van der Waals surface area contributed by atoms with Crippen molar-refractivity contribution in [3.05, 3.63) is 134 Å². The van der Waals surface area contributed by atoms with Gasteiger partial charge in [0.05, 0.1) is 18.1 Å². The predicted octanol–water partition coefficient (Wildman–Crippen LogP) is 8.02. The molecule has 0 aliphatic carbocycles. The molecule has 0 spiro atoms. The van der Waals surface area contributed by atoms with Crippen LogP contribution in [0.15, 0.2) is 107 Å². The first-order valence-corrected chi connectivity index (χ1v) is 25.6. The predicted molar refractivity (Wildman–Crippen MR) is 280 cm³/mol. The lowest BCUT2D eigenvalue weighted by atomic mass is 10.0. The van der Waals surface area contributed by atoms with Gasteiger partial charge in [-0.3, -0.25) is 9.59 Å². The quantitative estimate of drug-likeness (QED) is 0.120. The Morgan fingerprint density at radius 2 is 1.15 bits per heavy atom. The van der Waals surface area contributed by atoms with Crippen LogP contribution in [0, 0.1) is 6.92 Å². The van der Waals surface area contributed by atoms with E-state index in [0.29, 0.717) is 51.3 Å². The minimum atomic E-state index is -0.585. The highest BCUT2D eigenvalue weighted by Gasteiger charge is 2.32. The normalized spacial score (nSPS) is 16.5. The molecule has 4 aromatic carbocycles. The smallest absolute Gasteiger partial charge is 0.410 e. The Hall–Kier alpha value is -6.55. The first kappa shape index (κ1) is 50.4. The van der Waals surface area contributed by atoms with Gasteiger partial charge in [0.25, 0.3) is 11.1 Å². The number of hydrogen-bond donors (Lipinski definition) is 1. The fourth-order valence-corrected chi connectivity index (χ4v) is 10.1. The maximum absolute atomic E-state index is 13.3. The molecule has 2 fully saturated rings. The van der Waals surface area contributed by atoms with E-state index in [-0.39, 0.29) is 23.3 Å². The Bertz CT molecular complexity index is 2950. The second kappa shape index (κ2) is 22.9. The van der Waals surface area contributed by atoms with Crippen LogP contribution in [0.3, 0.4) is 0 Å². The molecule has 1 amide bonds. The van der Waals surface area contributed by atoms with Gasteiger partial charge in [-0.2, -0.15) is 0 Å². The molecule has 4 aliphatic rings. The van der Waals surface area contributed by atoms with Gasteiger partial charge in [0.2, 0.25) is 0 Å². The molecule has 15 nitrogen and oxygen atoms in total. The molecule has 0 saturated carbocycles. The van der Waals surface area contributed by atoms with Crippen LogP contribution in [0.2, 0.25) is 0 Å². The standard InChI is InChI=1S/C31H39N3O6.C26H31N3O3/c1-31(2,3)40-30(36)34(21-22-5-9-27-28(19-22)39-18-17-38-27)24-11-13-32(14-12-24)15-16-33-26-8-7-25(37-4)20-23(26)6-10-29(33)35;1-19-2-5-23-21(16-19)4-7-26(30)29(23)13-12-28-10-8-22(9-11-28)27-18-20-3-6-24-25(17-20)32-15-14-31-24/h5-10,19-20,24H,11-18,21H2,1-4H3;2-7,16-17,22,27H,8-15,18H2,1H3. The number of nitrogens with zero attached hydrogens (tertiary/aromatic N) is 5. The van der Waals surface area contributed by atoms with Gasteiger partial charge in [0, 0.05) is 82.0 Å². The molecular weight excluding hydrogens is 913 g/mol. The third kappa shape index (κ3) is 12.7. The lowest BCUT2D eigenvalue weighted by molar-refractivity contribution is 0.00562. The Kier molecular flexibility index (Phi) is 16.0. The number of likely N-dealkylation sites (tertiary alicyclic amines) is 2. The first-order chi connectivity index (χ1) is 34.8. The largest absolute Gasteiger partial charge is 0.497 e. The van der Waals surface area contributed by atoms with Crippen molar-refractivity contribution in [2.24, 2.45) is 0 Å². The molecule has 15 heteroatoms. The van der Waals surface area contributed by atoms with E-state index in [1.807, 2.05) is 89.4 Å². The molecule has 0 radical (unpaired) electrons. The molecule has 72 heavy (non-hydrogen) atoms. The van der Waals surface area contributed by atoms with Gasteiger partial charge < -0.3 is 57.6 Å². The van der Waals surface area contributed by atoms with Gasteiger partial charge in [0.15, 0.2) is 23.0 Å². The van der Waals surface area contributed by atoms with Gasteiger partial charge >= 0.3 is 6.09 Å². The van der Waals surface area contributed by atoms with Crippen molar-refractivity contribution in [2.45, 2.75) is 97.2 Å². The summed E-state index contributed by atoms with van der Waals surface area (Å²) in [5.74, 6) is 3.91. The van der Waals surface area contributed by atoms with Gasteiger partial charge in [-0.15, -0.1) is 0 Å². The van der Waals surface area contributed by atoms with Crippen LogP contribution in [0.25, 0.3) is 21.8 Å². The molecule has 2 aromatic heterocycles. The zero-order valence-corrected chi connectivity index (χ0v) is 42.5. The van der Waals surface area contributed by atoms with E-state index >= 15 is 0 Å². The Morgan fingerprint density at radius 1 is 0.625 bits per heavy atom. The Labute approximate surface area is 422 Å². The van der Waals surface area contributed by atoms with Crippen LogP contribution in [0.4, 0.5) is 4.79 Å². The number of amides is 1. The summed E-state index contributed by atoms with van der Waals surface area (Å²) in [4.78, 5) is 45.2. The van der Waals surface area contributed by atoms with E-state index in [1.54, 1.807) is 19.2 Å². The number of piperidine rings is 2. The highest BCUT2D eigenvalue weighted by atomic mass is 16.6. The average Bonchev–Trinajstić information content (AvgIpc) is 3.39. The lowest BCUT2D eigenvalue weighted by Crippen LogP contribution is -2.49. The Balaban J connectivity index is 0.000000182. The third-order valence-electron chi connectivity index (χ3n) is 14.0. The number of aryl methyl sites for hydroxylation is 1. The molecule has 6 aromatic rings. The van der Waals surface area contributed by atoms with Crippen molar-refractivity contribution in [1.82, 2.24) is 29.2 Å². The van der Waals surface area contributed by atoms with Crippen LogP contribution in [0.1, 0.15) is 63.1 Å². The minimum Gasteiger partial charge on any atom is -0.497 e. The molecule has 382 valence electrons. The van der Waals surface area contributed by atoms with Crippen molar-refractivity contribution >= 4 is 27.9 Å². The zero-order valence-electron chi connectivity index (χ0n) is 42.5. The van der Waals surface area contributed by atoms with Gasteiger partial charge in [-0.25, -0.2) is 4.79 Å². The molecule has 0 unspecified atom stereocenters. The molecule has 10 rings (SSSR count). The van der Waals surface area contributed by atoms with Crippen molar-refractivity contribution < 1.29 is 33.2 Å². The molecule has 0 bridgehead atoms. The van der Waals surface area contributed by atoms with Gasteiger partial charge in [0.1, 0.15) is 37.8 Å². The number of carbonyl (C=O) groups excluding carboxylic acids is 1. The van der Waals surface area contributed by atoms with Crippen LogP contribution in [0.5, 0.6) is 28.7 Å². The molecule has 0 atom stereocenters. The van der Waals surface area contributed by atoms with Gasteiger partial charge in [-0.1, -0.05) is 23.8 Å². The second-order valence-electron chi connectivity index (χ2n) is 20.3. The van der Waals surface area contributed by atoms with E-state index in [4.69, 9.17) is 28.4 Å².